The normalized spacial score (nSPS) is 19.8. The summed E-state index contributed by atoms with van der Waals surface area (Å²) in [5.74, 6) is 3.02. The Morgan fingerprint density at radius 1 is 0.667 bits per heavy atom. The molecule has 5 heteroatoms. The molecule has 0 bridgehead atoms. The average molecular weight is 618 g/mol. The highest BCUT2D eigenvalue weighted by atomic mass is 16.5. The van der Waals surface area contributed by atoms with Crippen LogP contribution in [0.15, 0.2) is 139 Å². The molecule has 0 radical (unpaired) electrons. The van der Waals surface area contributed by atoms with E-state index in [-0.39, 0.29) is 6.17 Å². The number of likely N-dealkylation sites (N-methyl/N-ethyl adjacent to an activating group) is 1. The highest BCUT2D eigenvalue weighted by Gasteiger charge is 2.68. The van der Waals surface area contributed by atoms with Crippen molar-refractivity contribution in [1.82, 2.24) is 9.47 Å². The Morgan fingerprint density at radius 2 is 1.44 bits per heavy atom. The molecule has 226 valence electrons. The van der Waals surface area contributed by atoms with E-state index >= 15 is 0 Å². The standard InChI is InChI=1S/C43H29N4O/c1-25-40(29-18-17-28-22-26-10-3-4-11-27(26)23-30(28)24-29)44(2)42-43-38-34(46(25)42)14-9-15-35(38)48-36-20-19-32-31-12-5-6-13-33(31)47(41(32)39(36)43)37-16-7-8-21-45(37)43/h3-24,42H,1-2H3/q+1. The summed E-state index contributed by atoms with van der Waals surface area (Å²) in [7, 11) is 2.29. The lowest BCUT2D eigenvalue weighted by Gasteiger charge is -2.43. The van der Waals surface area contributed by atoms with E-state index < -0.39 is 5.54 Å². The lowest BCUT2D eigenvalue weighted by molar-refractivity contribution is -0.743. The zero-order chi connectivity index (χ0) is 31.5. The smallest absolute Gasteiger partial charge is 0.288 e. The van der Waals surface area contributed by atoms with Crippen LogP contribution in [-0.4, -0.2) is 22.7 Å². The molecule has 1 spiro atoms. The SMILES string of the molecule is CC1=C(c2ccc3cc4ccccc4cc3c2)N(C)C2N1c1cccc3c1C21c2c(ccc4c5ccccc5n(c24)-c2cccc[n+]21)O3. The molecule has 6 heterocycles. The number of rotatable bonds is 1. The van der Waals surface area contributed by atoms with Crippen LogP contribution in [0.5, 0.6) is 11.5 Å². The number of hydrogen-bond donors (Lipinski definition) is 0. The molecule has 4 aliphatic heterocycles. The maximum absolute atomic E-state index is 6.88. The predicted molar refractivity (Wildman–Crippen MR) is 192 cm³/mol. The number of allylic oxidation sites excluding steroid dienone is 1. The predicted octanol–water partition coefficient (Wildman–Crippen LogP) is 9.07. The fourth-order valence-electron chi connectivity index (χ4n) is 9.83. The lowest BCUT2D eigenvalue weighted by Crippen LogP contribution is -2.70. The Labute approximate surface area is 276 Å². The Hall–Kier alpha value is -6.07. The molecule has 0 aliphatic carbocycles. The van der Waals surface area contributed by atoms with Crippen molar-refractivity contribution < 1.29 is 9.30 Å². The van der Waals surface area contributed by atoms with E-state index in [1.807, 2.05) is 0 Å². The molecule has 5 nitrogen and oxygen atoms in total. The van der Waals surface area contributed by atoms with Crippen LogP contribution < -0.4 is 14.2 Å². The van der Waals surface area contributed by atoms with Gasteiger partial charge in [-0.2, -0.15) is 4.57 Å². The van der Waals surface area contributed by atoms with Crippen LogP contribution in [0, 0.1) is 0 Å². The molecule has 2 aromatic heterocycles. The molecule has 0 amide bonds. The van der Waals surface area contributed by atoms with E-state index in [9.17, 15) is 0 Å². The number of hydrogen-bond acceptors (Lipinski definition) is 3. The Bertz CT molecular complexity index is 2830. The summed E-state index contributed by atoms with van der Waals surface area (Å²) < 4.78 is 11.9. The van der Waals surface area contributed by atoms with E-state index in [1.54, 1.807) is 0 Å². The van der Waals surface area contributed by atoms with Crippen molar-refractivity contribution in [3.05, 3.63) is 156 Å². The molecular weight excluding hydrogens is 589 g/mol. The topological polar surface area (TPSA) is 24.5 Å². The molecule has 0 saturated heterocycles. The number of pyridine rings is 1. The second kappa shape index (κ2) is 8.25. The first-order chi connectivity index (χ1) is 23.6. The van der Waals surface area contributed by atoms with Crippen molar-refractivity contribution in [2.45, 2.75) is 18.6 Å². The Morgan fingerprint density at radius 3 is 2.33 bits per heavy atom. The van der Waals surface area contributed by atoms with E-state index in [0.717, 1.165) is 17.3 Å². The molecule has 48 heavy (non-hydrogen) atoms. The number of ether oxygens (including phenoxy) is 1. The van der Waals surface area contributed by atoms with Crippen LogP contribution >= 0.6 is 0 Å². The maximum Gasteiger partial charge on any atom is 0.288 e. The molecule has 8 aromatic rings. The molecular formula is C43H29N4O+. The first-order valence-corrected chi connectivity index (χ1v) is 16.7. The summed E-state index contributed by atoms with van der Waals surface area (Å²) in [5, 5.41) is 7.57. The van der Waals surface area contributed by atoms with Gasteiger partial charge in [-0.25, -0.2) is 4.57 Å². The molecule has 12 rings (SSSR count). The monoisotopic (exact) mass is 617 g/mol. The van der Waals surface area contributed by atoms with Gasteiger partial charge in [0.05, 0.1) is 28.7 Å². The molecule has 6 aromatic carbocycles. The van der Waals surface area contributed by atoms with Crippen molar-refractivity contribution in [3.63, 3.8) is 0 Å². The minimum Gasteiger partial charge on any atom is -0.456 e. The zero-order valence-electron chi connectivity index (χ0n) is 26.5. The quantitative estimate of drug-likeness (QED) is 0.136. The van der Waals surface area contributed by atoms with E-state index in [1.165, 1.54) is 77.1 Å². The van der Waals surface area contributed by atoms with Gasteiger partial charge in [0.25, 0.3) is 5.82 Å². The van der Waals surface area contributed by atoms with Crippen LogP contribution in [0.3, 0.4) is 0 Å². The summed E-state index contributed by atoms with van der Waals surface area (Å²) in [4.78, 5) is 5.12. The van der Waals surface area contributed by atoms with Crippen LogP contribution in [0.1, 0.15) is 23.6 Å². The highest BCUT2D eigenvalue weighted by Crippen LogP contribution is 2.64. The third kappa shape index (κ3) is 2.66. The fraction of sp³-hybridized carbons (Fsp3) is 0.0930. The van der Waals surface area contributed by atoms with Crippen molar-refractivity contribution in [2.75, 3.05) is 11.9 Å². The highest BCUT2D eigenvalue weighted by molar-refractivity contribution is 6.12. The largest absolute Gasteiger partial charge is 0.456 e. The third-order valence-corrected chi connectivity index (χ3v) is 11.5. The van der Waals surface area contributed by atoms with Gasteiger partial charge in [0.15, 0.2) is 11.7 Å². The van der Waals surface area contributed by atoms with Gasteiger partial charge in [0.2, 0.25) is 5.54 Å². The summed E-state index contributed by atoms with van der Waals surface area (Å²) >= 11 is 0. The van der Waals surface area contributed by atoms with E-state index in [0.29, 0.717) is 0 Å². The van der Waals surface area contributed by atoms with Crippen LogP contribution in [0.25, 0.3) is 54.9 Å². The molecule has 0 saturated carbocycles. The van der Waals surface area contributed by atoms with Crippen molar-refractivity contribution >= 4 is 54.7 Å². The molecule has 2 unspecified atom stereocenters. The van der Waals surface area contributed by atoms with E-state index in [2.05, 4.69) is 166 Å². The van der Waals surface area contributed by atoms with Crippen LogP contribution in [-0.2, 0) is 5.54 Å². The summed E-state index contributed by atoms with van der Waals surface area (Å²) in [6.45, 7) is 2.29. The van der Waals surface area contributed by atoms with Gasteiger partial charge in [-0.05, 0) is 89.1 Å². The number of benzene rings is 6. The summed E-state index contributed by atoms with van der Waals surface area (Å²) in [6.07, 6.45) is 2.23. The first kappa shape index (κ1) is 25.1. The van der Waals surface area contributed by atoms with Gasteiger partial charge >= 0.3 is 0 Å². The van der Waals surface area contributed by atoms with Gasteiger partial charge in [0, 0.05) is 35.1 Å². The number of anilines is 1. The second-order valence-corrected chi connectivity index (χ2v) is 13.7. The fourth-order valence-corrected chi connectivity index (χ4v) is 9.83. The minimum absolute atomic E-state index is 0.0536. The first-order valence-electron chi connectivity index (χ1n) is 16.7. The molecule has 0 fully saturated rings. The van der Waals surface area contributed by atoms with Crippen LogP contribution in [0.4, 0.5) is 5.69 Å². The van der Waals surface area contributed by atoms with Crippen molar-refractivity contribution in [1.29, 1.82) is 0 Å². The molecule has 0 N–H and O–H groups in total. The Balaban J connectivity index is 1.18. The number of fused-ring (bicyclic) bond motifs is 9. The number of aromatic nitrogens is 2. The third-order valence-electron chi connectivity index (χ3n) is 11.5. The Kier molecular flexibility index (Phi) is 4.31. The van der Waals surface area contributed by atoms with Crippen molar-refractivity contribution in [3.8, 4) is 17.3 Å². The number of nitrogens with zero attached hydrogens (tertiary/aromatic N) is 4. The van der Waals surface area contributed by atoms with E-state index in [4.69, 9.17) is 4.74 Å². The average Bonchev–Trinajstić information content (AvgIpc) is 3.72. The van der Waals surface area contributed by atoms with Crippen molar-refractivity contribution in [2.24, 2.45) is 0 Å². The van der Waals surface area contributed by atoms with Crippen LogP contribution in [0.2, 0.25) is 0 Å². The van der Waals surface area contributed by atoms with Gasteiger partial charge in [-0.1, -0.05) is 60.7 Å². The lowest BCUT2D eigenvalue weighted by atomic mass is 9.76. The molecule has 4 aliphatic rings. The van der Waals surface area contributed by atoms with Gasteiger partial charge in [0.1, 0.15) is 17.0 Å². The minimum atomic E-state index is -0.565. The molecule has 2 atom stereocenters. The number of para-hydroxylation sites is 1. The summed E-state index contributed by atoms with van der Waals surface area (Å²) in [6, 6.07) is 46.7. The second-order valence-electron chi connectivity index (χ2n) is 13.7. The van der Waals surface area contributed by atoms with Gasteiger partial charge in [-0.3, -0.25) is 0 Å². The summed E-state index contributed by atoms with van der Waals surface area (Å²) in [5.41, 5.74) is 9.29. The van der Waals surface area contributed by atoms with Gasteiger partial charge in [-0.15, -0.1) is 0 Å². The maximum atomic E-state index is 6.88. The van der Waals surface area contributed by atoms with Gasteiger partial charge < -0.3 is 14.5 Å². The zero-order valence-corrected chi connectivity index (χ0v) is 26.5.